The Balaban J connectivity index is 1.47. The van der Waals surface area contributed by atoms with Crippen LogP contribution in [-0.2, 0) is 27.3 Å². The summed E-state index contributed by atoms with van der Waals surface area (Å²) in [5, 5.41) is 5.60. The van der Waals surface area contributed by atoms with Gasteiger partial charge in [0.2, 0.25) is 5.91 Å². The number of benzene rings is 1. The van der Waals surface area contributed by atoms with Crippen LogP contribution in [0.4, 0.5) is 0 Å². The highest BCUT2D eigenvalue weighted by Crippen LogP contribution is 2.27. The third kappa shape index (κ3) is 5.35. The molecule has 2 amide bonds. The number of aromatic amines is 1. The number of nitrogens with one attached hydrogen (secondary N) is 3. The maximum atomic E-state index is 12.1. The van der Waals surface area contributed by atoms with Crippen molar-refractivity contribution in [3.63, 3.8) is 0 Å². The van der Waals surface area contributed by atoms with Gasteiger partial charge >= 0.3 is 5.97 Å². The van der Waals surface area contributed by atoms with Crippen molar-refractivity contribution in [3.05, 3.63) is 77.6 Å². The van der Waals surface area contributed by atoms with Crippen LogP contribution in [0, 0.1) is 0 Å². The first kappa shape index (κ1) is 22.0. The van der Waals surface area contributed by atoms with Gasteiger partial charge in [0.15, 0.2) is 0 Å². The van der Waals surface area contributed by atoms with E-state index in [-0.39, 0.29) is 18.4 Å². The molecule has 0 saturated carbocycles. The van der Waals surface area contributed by atoms with E-state index in [1.54, 1.807) is 13.1 Å². The molecule has 1 aliphatic rings. The molecule has 0 radical (unpaired) electrons. The largest absolute Gasteiger partial charge is 0.463 e. The molecule has 0 saturated heterocycles. The van der Waals surface area contributed by atoms with E-state index in [0.29, 0.717) is 18.7 Å². The van der Waals surface area contributed by atoms with Gasteiger partial charge in [-0.25, -0.2) is 4.79 Å². The maximum Gasteiger partial charge on any atom is 0.330 e. The summed E-state index contributed by atoms with van der Waals surface area (Å²) >= 11 is 0. The van der Waals surface area contributed by atoms with Gasteiger partial charge in [0, 0.05) is 60.4 Å². The fourth-order valence-corrected chi connectivity index (χ4v) is 3.63. The van der Waals surface area contributed by atoms with Crippen molar-refractivity contribution in [3.8, 4) is 22.5 Å². The van der Waals surface area contributed by atoms with Gasteiger partial charge in [-0.05, 0) is 36.8 Å². The van der Waals surface area contributed by atoms with Crippen molar-refractivity contribution in [2.75, 3.05) is 13.2 Å². The minimum atomic E-state index is -0.552. The van der Waals surface area contributed by atoms with Gasteiger partial charge < -0.3 is 20.4 Å². The SMILES string of the molecule is CCOC(=O)/C=C/C(=O)NCc1cccc(-c2cc(-c3cc4c([nH]3)CCNC4=O)ccn2)c1. The number of nitrogens with zero attached hydrogens (tertiary/aromatic N) is 1. The number of pyridine rings is 1. The molecule has 4 rings (SSSR count). The summed E-state index contributed by atoms with van der Waals surface area (Å²) < 4.78 is 4.76. The summed E-state index contributed by atoms with van der Waals surface area (Å²) in [5.74, 6) is -0.989. The molecule has 0 bridgehead atoms. The Morgan fingerprint density at radius 3 is 2.85 bits per heavy atom. The Morgan fingerprint density at radius 1 is 1.15 bits per heavy atom. The first-order chi connectivity index (χ1) is 16.0. The Labute approximate surface area is 191 Å². The fraction of sp³-hybridized carbons (Fsp3) is 0.200. The van der Waals surface area contributed by atoms with Crippen molar-refractivity contribution < 1.29 is 19.1 Å². The zero-order valence-corrected chi connectivity index (χ0v) is 18.2. The fourth-order valence-electron chi connectivity index (χ4n) is 3.63. The Hall–Kier alpha value is -4.20. The first-order valence-corrected chi connectivity index (χ1v) is 10.7. The number of carbonyl (C=O) groups is 3. The lowest BCUT2D eigenvalue weighted by Gasteiger charge is -2.11. The predicted octanol–water partition coefficient (Wildman–Crippen LogP) is 2.77. The van der Waals surface area contributed by atoms with Gasteiger partial charge in [0.25, 0.3) is 5.91 Å². The van der Waals surface area contributed by atoms with Gasteiger partial charge in [-0.2, -0.15) is 0 Å². The molecule has 2 aromatic heterocycles. The number of esters is 1. The number of fused-ring (bicyclic) bond motifs is 1. The molecule has 0 spiro atoms. The lowest BCUT2D eigenvalue weighted by molar-refractivity contribution is -0.137. The normalized spacial score (nSPS) is 12.8. The van der Waals surface area contributed by atoms with E-state index in [2.05, 4.69) is 20.6 Å². The van der Waals surface area contributed by atoms with E-state index in [1.807, 2.05) is 42.5 Å². The van der Waals surface area contributed by atoms with Crippen LogP contribution in [0.1, 0.15) is 28.5 Å². The molecule has 0 unspecified atom stereocenters. The van der Waals surface area contributed by atoms with Crippen LogP contribution >= 0.6 is 0 Å². The van der Waals surface area contributed by atoms with Crippen LogP contribution < -0.4 is 10.6 Å². The molecule has 3 heterocycles. The second-order valence-corrected chi connectivity index (χ2v) is 7.51. The van der Waals surface area contributed by atoms with Crippen molar-refractivity contribution in [1.82, 2.24) is 20.6 Å². The summed E-state index contributed by atoms with van der Waals surface area (Å²) in [5.41, 5.74) is 6.01. The molecule has 0 fully saturated rings. The number of hydrogen-bond acceptors (Lipinski definition) is 5. The zero-order chi connectivity index (χ0) is 23.2. The minimum absolute atomic E-state index is 0.0557. The lowest BCUT2D eigenvalue weighted by Crippen LogP contribution is -2.31. The quantitative estimate of drug-likeness (QED) is 0.383. The summed E-state index contributed by atoms with van der Waals surface area (Å²) in [7, 11) is 0. The van der Waals surface area contributed by atoms with E-state index in [0.717, 1.165) is 52.3 Å². The predicted molar refractivity (Wildman–Crippen MR) is 123 cm³/mol. The Kier molecular flexibility index (Phi) is 6.64. The van der Waals surface area contributed by atoms with Crippen LogP contribution in [0.15, 0.2) is 60.8 Å². The number of H-pyrrole nitrogens is 1. The van der Waals surface area contributed by atoms with Crippen LogP contribution in [0.2, 0.25) is 0 Å². The average Bonchev–Trinajstić information content (AvgIpc) is 3.28. The summed E-state index contributed by atoms with van der Waals surface area (Å²) in [6.45, 7) is 2.90. The average molecular weight is 444 g/mol. The molecule has 3 aromatic rings. The van der Waals surface area contributed by atoms with Gasteiger partial charge in [-0.1, -0.05) is 18.2 Å². The van der Waals surface area contributed by atoms with Crippen molar-refractivity contribution in [2.24, 2.45) is 0 Å². The molecule has 33 heavy (non-hydrogen) atoms. The number of carbonyl (C=O) groups excluding carboxylic acids is 3. The van der Waals surface area contributed by atoms with Gasteiger partial charge in [-0.3, -0.25) is 14.6 Å². The first-order valence-electron chi connectivity index (χ1n) is 10.7. The van der Waals surface area contributed by atoms with E-state index in [4.69, 9.17) is 4.74 Å². The number of hydrogen-bond donors (Lipinski definition) is 3. The lowest BCUT2D eigenvalue weighted by atomic mass is 10.0. The molecular formula is C25H24N4O4. The Bertz CT molecular complexity index is 1230. The topological polar surface area (TPSA) is 113 Å². The Morgan fingerprint density at radius 2 is 2.03 bits per heavy atom. The monoisotopic (exact) mass is 444 g/mol. The third-order valence-corrected chi connectivity index (χ3v) is 5.22. The molecule has 3 N–H and O–H groups in total. The van der Waals surface area contributed by atoms with E-state index < -0.39 is 5.97 Å². The van der Waals surface area contributed by atoms with Crippen molar-refractivity contribution >= 4 is 17.8 Å². The van der Waals surface area contributed by atoms with Gasteiger partial charge in [-0.15, -0.1) is 0 Å². The summed E-state index contributed by atoms with van der Waals surface area (Å²) in [6, 6.07) is 13.4. The third-order valence-electron chi connectivity index (χ3n) is 5.22. The molecule has 8 heteroatoms. The molecule has 0 aliphatic carbocycles. The smallest absolute Gasteiger partial charge is 0.330 e. The zero-order valence-electron chi connectivity index (χ0n) is 18.2. The standard InChI is InChI=1S/C25H24N4O4/c1-2-33-24(31)7-6-23(30)28-15-16-4-3-5-17(12-16)21-13-18(8-10-26-21)22-14-19-20(29-22)9-11-27-25(19)32/h3-8,10,12-14,29H,2,9,11,15H2,1H3,(H,27,32)(H,28,30)/b7-6+. The molecular weight excluding hydrogens is 420 g/mol. The summed E-state index contributed by atoms with van der Waals surface area (Å²) in [6.07, 6.45) is 4.77. The number of rotatable bonds is 7. The number of aromatic nitrogens is 2. The molecule has 168 valence electrons. The molecule has 1 aromatic carbocycles. The van der Waals surface area contributed by atoms with Crippen LogP contribution in [0.5, 0.6) is 0 Å². The van der Waals surface area contributed by atoms with E-state index in [1.165, 1.54) is 0 Å². The van der Waals surface area contributed by atoms with E-state index in [9.17, 15) is 14.4 Å². The highest BCUT2D eigenvalue weighted by molar-refractivity contribution is 5.98. The highest BCUT2D eigenvalue weighted by atomic mass is 16.5. The van der Waals surface area contributed by atoms with Crippen molar-refractivity contribution in [2.45, 2.75) is 19.9 Å². The van der Waals surface area contributed by atoms with Gasteiger partial charge in [0.05, 0.1) is 17.9 Å². The maximum absolute atomic E-state index is 12.1. The number of ether oxygens (including phenoxy) is 1. The van der Waals surface area contributed by atoms with Crippen molar-refractivity contribution in [1.29, 1.82) is 0 Å². The second-order valence-electron chi connectivity index (χ2n) is 7.51. The molecule has 8 nitrogen and oxygen atoms in total. The van der Waals surface area contributed by atoms with E-state index >= 15 is 0 Å². The minimum Gasteiger partial charge on any atom is -0.463 e. The molecule has 0 atom stereocenters. The van der Waals surface area contributed by atoms with Gasteiger partial charge in [0.1, 0.15) is 0 Å². The summed E-state index contributed by atoms with van der Waals surface area (Å²) in [4.78, 5) is 43.2. The molecule has 1 aliphatic heterocycles. The number of amides is 2. The van der Waals surface area contributed by atoms with Crippen LogP contribution in [0.25, 0.3) is 22.5 Å². The highest BCUT2D eigenvalue weighted by Gasteiger charge is 2.20. The van der Waals surface area contributed by atoms with Crippen LogP contribution in [-0.4, -0.2) is 40.9 Å². The second kappa shape index (κ2) is 9.95. The van der Waals surface area contributed by atoms with Crippen LogP contribution in [0.3, 0.4) is 0 Å².